The fraction of sp³-hybridized carbons (Fsp3) is 0.0556. The summed E-state index contributed by atoms with van der Waals surface area (Å²) in [5.74, 6) is 2.36. The Morgan fingerprint density at radius 3 is 1.93 bits per heavy atom. The second-order valence-corrected chi connectivity index (χ2v) is 11.5. The van der Waals surface area contributed by atoms with Gasteiger partial charge in [0.2, 0.25) is 4.96 Å². The molecule has 0 saturated carbocycles. The van der Waals surface area contributed by atoms with Crippen LogP contribution in [-0.4, -0.2) is 29.3 Å². The fourth-order valence-corrected chi connectivity index (χ4v) is 6.45. The van der Waals surface area contributed by atoms with Crippen molar-refractivity contribution in [1.82, 2.24) is 29.3 Å². The average Bonchev–Trinajstić information content (AvgIpc) is 3.48. The minimum Gasteiger partial charge on any atom is -0.245 e. The lowest BCUT2D eigenvalue weighted by Gasteiger charge is -2.11. The highest BCUT2D eigenvalue weighted by Gasteiger charge is 2.16. The molecule has 7 nitrogen and oxygen atoms in total. The topological polar surface area (TPSA) is 85.9 Å². The second kappa shape index (κ2) is 10.9. The van der Waals surface area contributed by atoms with Crippen LogP contribution in [0.3, 0.4) is 0 Å². The van der Waals surface area contributed by atoms with Gasteiger partial charge in [-0.25, -0.2) is 24.1 Å². The summed E-state index contributed by atoms with van der Waals surface area (Å²) in [6.07, 6.45) is 8.42. The molecule has 0 radical (unpaired) electrons. The fourth-order valence-electron chi connectivity index (χ4n) is 5.40. The van der Waals surface area contributed by atoms with Crippen LogP contribution in [0.5, 0.6) is 0 Å². The smallest absolute Gasteiger partial charge is 0.245 e. The zero-order valence-corrected chi connectivity index (χ0v) is 24.3. The van der Waals surface area contributed by atoms with E-state index >= 15 is 0 Å². The van der Waals surface area contributed by atoms with Crippen molar-refractivity contribution < 1.29 is 0 Å². The van der Waals surface area contributed by atoms with Crippen LogP contribution >= 0.6 is 11.3 Å². The Morgan fingerprint density at radius 1 is 0.568 bits per heavy atom. The van der Waals surface area contributed by atoms with Gasteiger partial charge in [-0.1, -0.05) is 114 Å². The van der Waals surface area contributed by atoms with E-state index in [0.717, 1.165) is 56.4 Å². The molecule has 8 heteroatoms. The first-order valence-electron chi connectivity index (χ1n) is 14.4. The molecule has 0 bridgehead atoms. The van der Waals surface area contributed by atoms with Crippen LogP contribution in [0.4, 0.5) is 0 Å². The molecule has 3 heterocycles. The van der Waals surface area contributed by atoms with E-state index < -0.39 is 0 Å². The zero-order chi connectivity index (χ0) is 29.5. The maximum atomic E-state index is 13.1. The lowest BCUT2D eigenvalue weighted by atomic mass is 10.0. The number of hydrogen-bond acceptors (Lipinski definition) is 7. The maximum absolute atomic E-state index is 13.1. The van der Waals surface area contributed by atoms with Crippen LogP contribution < -0.4 is 5.69 Å². The Morgan fingerprint density at radius 2 is 1.20 bits per heavy atom. The van der Waals surface area contributed by atoms with E-state index in [-0.39, 0.29) is 5.69 Å². The second-order valence-electron chi connectivity index (χ2n) is 10.5. The standard InChI is InChI=1S/C36H24N6OS/c43-35-40-33(25-15-8-3-9-16-25)41-36-42(35)29-20-19-27(22-30(29)44-36)26-17-10-18-28(21-26)34-38-31(23-11-4-1-5-12-23)37-32(39-34)24-13-6-2-7-14-24/h1,3-6,8-22H,2,7H2. The summed E-state index contributed by atoms with van der Waals surface area (Å²) in [5, 5.41) is 0. The zero-order valence-electron chi connectivity index (χ0n) is 23.5. The molecule has 0 saturated heterocycles. The van der Waals surface area contributed by atoms with Crippen molar-refractivity contribution >= 4 is 32.1 Å². The van der Waals surface area contributed by atoms with Crippen LogP contribution in [0.15, 0.2) is 126 Å². The van der Waals surface area contributed by atoms with Crippen molar-refractivity contribution in [2.75, 3.05) is 0 Å². The van der Waals surface area contributed by atoms with E-state index in [1.807, 2.05) is 84.9 Å². The molecular weight excluding hydrogens is 565 g/mol. The van der Waals surface area contributed by atoms with Gasteiger partial charge in [-0.05, 0) is 42.2 Å². The SMILES string of the molecule is O=c1nc(-c2ccccc2)nc2sc3cc(-c4cccc(-c5nc(C6=CCCC=C6)nc(-c6ccccc6)n5)c4)ccc3n12. The molecule has 0 amide bonds. The Labute approximate surface area is 256 Å². The third kappa shape index (κ3) is 4.81. The normalized spacial score (nSPS) is 13.0. The summed E-state index contributed by atoms with van der Waals surface area (Å²) < 4.78 is 2.53. The van der Waals surface area contributed by atoms with E-state index in [4.69, 9.17) is 19.9 Å². The monoisotopic (exact) mass is 588 g/mol. The third-order valence-electron chi connectivity index (χ3n) is 7.59. The summed E-state index contributed by atoms with van der Waals surface area (Å²) in [7, 11) is 0. The summed E-state index contributed by atoms with van der Waals surface area (Å²) in [4.78, 5) is 37.3. The highest BCUT2D eigenvalue weighted by Crippen LogP contribution is 2.32. The van der Waals surface area contributed by atoms with E-state index in [1.165, 1.54) is 11.3 Å². The van der Waals surface area contributed by atoms with Crippen molar-refractivity contribution in [2.24, 2.45) is 0 Å². The van der Waals surface area contributed by atoms with Gasteiger partial charge < -0.3 is 0 Å². The molecule has 0 N–H and O–H groups in total. The number of hydrogen-bond donors (Lipinski definition) is 0. The molecule has 1 aliphatic carbocycles. The quantitative estimate of drug-likeness (QED) is 0.203. The number of allylic oxidation sites excluding steroid dienone is 4. The Hall–Kier alpha value is -5.60. The van der Waals surface area contributed by atoms with Crippen LogP contribution in [0, 0.1) is 0 Å². The van der Waals surface area contributed by atoms with E-state index in [9.17, 15) is 4.79 Å². The van der Waals surface area contributed by atoms with Crippen molar-refractivity contribution in [2.45, 2.75) is 12.8 Å². The Kier molecular flexibility index (Phi) is 6.46. The maximum Gasteiger partial charge on any atom is 0.356 e. The molecule has 7 aromatic rings. The Bertz CT molecular complexity index is 2310. The molecule has 1 aliphatic rings. The summed E-state index contributed by atoms with van der Waals surface area (Å²) in [6, 6.07) is 33.9. The van der Waals surface area contributed by atoms with Gasteiger partial charge in [-0.3, -0.25) is 0 Å². The third-order valence-corrected chi connectivity index (χ3v) is 8.60. The minimum atomic E-state index is -0.336. The molecule has 3 aromatic heterocycles. The minimum absolute atomic E-state index is 0.336. The van der Waals surface area contributed by atoms with Crippen molar-refractivity contribution in [3.05, 3.63) is 138 Å². The van der Waals surface area contributed by atoms with Gasteiger partial charge in [0.05, 0.1) is 10.2 Å². The molecule has 8 rings (SSSR count). The lowest BCUT2D eigenvalue weighted by molar-refractivity contribution is 0.993. The van der Waals surface area contributed by atoms with Gasteiger partial charge in [0.1, 0.15) is 0 Å². The van der Waals surface area contributed by atoms with E-state index in [1.54, 1.807) is 4.40 Å². The van der Waals surface area contributed by atoms with Crippen molar-refractivity contribution in [3.63, 3.8) is 0 Å². The molecular formula is C36H24N6OS. The molecule has 0 atom stereocenters. The van der Waals surface area contributed by atoms with Gasteiger partial charge in [0, 0.05) is 22.3 Å². The highest BCUT2D eigenvalue weighted by atomic mass is 32.1. The molecule has 44 heavy (non-hydrogen) atoms. The number of benzene rings is 4. The van der Waals surface area contributed by atoms with E-state index in [2.05, 4.69) is 41.4 Å². The number of aromatic nitrogens is 6. The largest absolute Gasteiger partial charge is 0.356 e. The van der Waals surface area contributed by atoms with Gasteiger partial charge in [-0.15, -0.1) is 0 Å². The lowest BCUT2D eigenvalue weighted by Crippen LogP contribution is -2.17. The number of nitrogens with zero attached hydrogens (tertiary/aromatic N) is 6. The van der Waals surface area contributed by atoms with Crippen LogP contribution in [0.25, 0.3) is 66.0 Å². The predicted octanol–water partition coefficient (Wildman–Crippen LogP) is 7.89. The van der Waals surface area contributed by atoms with Crippen molar-refractivity contribution in [1.29, 1.82) is 0 Å². The van der Waals surface area contributed by atoms with Crippen molar-refractivity contribution in [3.8, 4) is 45.3 Å². The average molecular weight is 589 g/mol. The molecule has 0 fully saturated rings. The van der Waals surface area contributed by atoms with E-state index in [0.29, 0.717) is 28.3 Å². The van der Waals surface area contributed by atoms with Crippen LogP contribution in [0.1, 0.15) is 18.7 Å². The van der Waals surface area contributed by atoms with Gasteiger partial charge in [-0.2, -0.15) is 9.97 Å². The van der Waals surface area contributed by atoms with Crippen LogP contribution in [0.2, 0.25) is 0 Å². The summed E-state index contributed by atoms with van der Waals surface area (Å²) >= 11 is 1.48. The Balaban J connectivity index is 1.21. The van der Waals surface area contributed by atoms with Crippen LogP contribution in [-0.2, 0) is 0 Å². The first kappa shape index (κ1) is 26.1. The predicted molar refractivity (Wildman–Crippen MR) is 176 cm³/mol. The molecule has 0 unspecified atom stereocenters. The number of rotatable bonds is 5. The number of fused-ring (bicyclic) bond motifs is 3. The molecule has 0 aliphatic heterocycles. The van der Waals surface area contributed by atoms with Gasteiger partial charge in [0.25, 0.3) is 0 Å². The summed E-state index contributed by atoms with van der Waals surface area (Å²) in [5.41, 5.74) is 6.16. The molecule has 4 aromatic carbocycles. The highest BCUT2D eigenvalue weighted by molar-refractivity contribution is 7.23. The first-order chi connectivity index (χ1) is 21.7. The van der Waals surface area contributed by atoms with Gasteiger partial charge >= 0.3 is 5.69 Å². The summed E-state index contributed by atoms with van der Waals surface area (Å²) in [6.45, 7) is 0. The van der Waals surface area contributed by atoms with Gasteiger partial charge in [0.15, 0.2) is 23.3 Å². The molecule has 210 valence electrons. The first-order valence-corrected chi connectivity index (χ1v) is 15.2. The molecule has 0 spiro atoms. The number of thiazole rings is 1.